The molecule has 1 fully saturated rings. The van der Waals surface area contributed by atoms with Crippen molar-refractivity contribution >= 4 is 12.1 Å². The van der Waals surface area contributed by atoms with Gasteiger partial charge >= 0.3 is 5.91 Å². The van der Waals surface area contributed by atoms with Crippen molar-refractivity contribution in [1.29, 1.82) is 0 Å². The van der Waals surface area contributed by atoms with Crippen LogP contribution >= 0.6 is 0 Å². The molecule has 0 radical (unpaired) electrons. The van der Waals surface area contributed by atoms with E-state index >= 15 is 0 Å². The zero-order chi connectivity index (χ0) is 8.60. The van der Waals surface area contributed by atoms with Gasteiger partial charge in [-0.1, -0.05) is 6.42 Å². The van der Waals surface area contributed by atoms with Gasteiger partial charge in [-0.05, 0) is 12.8 Å². The lowest BCUT2D eigenvalue weighted by atomic mass is 9.90. The summed E-state index contributed by atoms with van der Waals surface area (Å²) >= 11 is 0. The summed E-state index contributed by atoms with van der Waals surface area (Å²) < 4.78 is 0.800. The highest BCUT2D eigenvalue weighted by molar-refractivity contribution is 6.25. The Balaban J connectivity index is 2.21. The number of nitrogens with one attached hydrogen (secondary N) is 1. The van der Waals surface area contributed by atoms with Crippen molar-refractivity contribution in [2.24, 2.45) is 0 Å². The number of amides is 1. The Labute approximate surface area is 70.8 Å². The van der Waals surface area contributed by atoms with Gasteiger partial charge in [0.15, 0.2) is 0 Å². The smallest absolute Gasteiger partial charge is 0.314 e. The van der Waals surface area contributed by atoms with E-state index in [0.29, 0.717) is 0 Å². The molecular weight excluding hydrogens is 156 g/mol. The number of hydrogen-bond donors (Lipinski definition) is 1. The van der Waals surface area contributed by atoms with Crippen LogP contribution in [0.2, 0.25) is 0 Å². The molecule has 2 rings (SSSR count). The van der Waals surface area contributed by atoms with Gasteiger partial charge in [0, 0.05) is 12.8 Å². The molecule has 4 nitrogen and oxygen atoms in total. The lowest BCUT2D eigenvalue weighted by Crippen LogP contribution is -2.50. The van der Waals surface area contributed by atoms with Crippen molar-refractivity contribution in [3.8, 4) is 0 Å². The molecule has 0 aromatic heterocycles. The minimum absolute atomic E-state index is 0.244. The highest BCUT2D eigenvalue weighted by Crippen LogP contribution is 2.29. The summed E-state index contributed by atoms with van der Waals surface area (Å²) in [5, 5.41) is 14.1. The van der Waals surface area contributed by atoms with Crippen molar-refractivity contribution in [3.63, 3.8) is 0 Å². The fourth-order valence-electron chi connectivity index (χ4n) is 2.03. The Bertz CT molecular complexity index is 241. The Kier molecular flexibility index (Phi) is 1.56. The number of carbonyl (C=O) groups is 1. The van der Waals surface area contributed by atoms with Crippen LogP contribution in [-0.2, 0) is 4.79 Å². The van der Waals surface area contributed by atoms with Crippen LogP contribution in [0, 0.1) is 5.21 Å². The van der Waals surface area contributed by atoms with E-state index in [4.69, 9.17) is 0 Å². The number of carbonyl (C=O) groups excluding carboxylic acids is 1. The van der Waals surface area contributed by atoms with Gasteiger partial charge in [-0.2, -0.15) is 4.74 Å². The molecule has 1 aliphatic heterocycles. The third-order valence-corrected chi connectivity index (χ3v) is 2.69. The summed E-state index contributed by atoms with van der Waals surface area (Å²) in [5.74, 6) is -0.244. The van der Waals surface area contributed by atoms with Crippen molar-refractivity contribution in [3.05, 3.63) is 5.21 Å². The summed E-state index contributed by atoms with van der Waals surface area (Å²) in [6.07, 6.45) is 5.94. The molecule has 0 aromatic rings. The number of nitrogens with zero attached hydrogens (tertiary/aromatic N) is 1. The minimum atomic E-state index is -0.574. The molecule has 12 heavy (non-hydrogen) atoms. The first-order chi connectivity index (χ1) is 5.73. The maximum Gasteiger partial charge on any atom is 0.314 e. The zero-order valence-corrected chi connectivity index (χ0v) is 6.88. The molecular formula is C8H12N2O2. The van der Waals surface area contributed by atoms with Crippen LogP contribution in [0.4, 0.5) is 0 Å². The number of hydrogen-bond acceptors (Lipinski definition) is 2. The van der Waals surface area contributed by atoms with Crippen LogP contribution in [0.25, 0.3) is 0 Å². The van der Waals surface area contributed by atoms with Crippen LogP contribution in [0.5, 0.6) is 0 Å². The highest BCUT2D eigenvalue weighted by atomic mass is 16.5. The van der Waals surface area contributed by atoms with E-state index in [9.17, 15) is 10.0 Å². The van der Waals surface area contributed by atoms with Gasteiger partial charge in [0.25, 0.3) is 0 Å². The van der Waals surface area contributed by atoms with E-state index in [1.807, 2.05) is 0 Å². The first kappa shape index (κ1) is 7.58. The predicted octanol–water partition coefficient (Wildman–Crippen LogP) is 0.358. The average Bonchev–Trinajstić information content (AvgIpc) is 2.29. The van der Waals surface area contributed by atoms with Gasteiger partial charge in [0.2, 0.25) is 11.9 Å². The van der Waals surface area contributed by atoms with E-state index in [1.54, 1.807) is 0 Å². The van der Waals surface area contributed by atoms with Gasteiger partial charge in [0.1, 0.15) is 0 Å². The van der Waals surface area contributed by atoms with E-state index in [0.717, 1.165) is 36.6 Å². The van der Waals surface area contributed by atoms with Crippen LogP contribution < -0.4 is 5.32 Å². The first-order valence-corrected chi connectivity index (χ1v) is 4.36. The van der Waals surface area contributed by atoms with Gasteiger partial charge in [-0.3, -0.25) is 10.1 Å². The lowest BCUT2D eigenvalue weighted by Gasteiger charge is -2.30. The maximum absolute atomic E-state index is 11.3. The molecule has 4 heteroatoms. The third kappa shape index (κ3) is 0.983. The molecule has 1 N–H and O–H groups in total. The molecule has 0 bridgehead atoms. The molecule has 1 saturated carbocycles. The van der Waals surface area contributed by atoms with E-state index < -0.39 is 5.66 Å². The Hall–Kier alpha value is -1.06. The average molecular weight is 168 g/mol. The van der Waals surface area contributed by atoms with Gasteiger partial charge in [-0.25, -0.2) is 0 Å². The summed E-state index contributed by atoms with van der Waals surface area (Å²) in [7, 11) is 0. The summed E-state index contributed by atoms with van der Waals surface area (Å²) in [4.78, 5) is 10.9. The number of rotatable bonds is 0. The van der Waals surface area contributed by atoms with Crippen molar-refractivity contribution < 1.29 is 9.53 Å². The molecule has 2 aliphatic rings. The molecule has 1 spiro atoms. The molecule has 0 atom stereocenters. The Morgan fingerprint density at radius 2 is 2.08 bits per heavy atom. The van der Waals surface area contributed by atoms with Crippen LogP contribution in [0.15, 0.2) is 0 Å². The number of hydroxylamine groups is 1. The maximum atomic E-state index is 11.3. The fourth-order valence-corrected chi connectivity index (χ4v) is 2.03. The monoisotopic (exact) mass is 168 g/mol. The van der Waals surface area contributed by atoms with Crippen LogP contribution in [0.3, 0.4) is 0 Å². The molecule has 0 aromatic carbocycles. The van der Waals surface area contributed by atoms with Crippen molar-refractivity contribution in [2.75, 3.05) is 0 Å². The molecule has 0 saturated heterocycles. The second-order valence-corrected chi connectivity index (χ2v) is 3.54. The fraction of sp³-hybridized carbons (Fsp3) is 0.750. The molecule has 1 heterocycles. The van der Waals surface area contributed by atoms with E-state index in [1.165, 1.54) is 6.42 Å². The van der Waals surface area contributed by atoms with Crippen LogP contribution in [-0.4, -0.2) is 22.5 Å². The van der Waals surface area contributed by atoms with E-state index in [2.05, 4.69) is 5.32 Å². The quantitative estimate of drug-likeness (QED) is 0.419. The van der Waals surface area contributed by atoms with E-state index in [-0.39, 0.29) is 5.91 Å². The third-order valence-electron chi connectivity index (χ3n) is 2.69. The van der Waals surface area contributed by atoms with Gasteiger partial charge < -0.3 is 5.21 Å². The molecule has 1 aliphatic carbocycles. The molecule has 0 unspecified atom stereocenters. The summed E-state index contributed by atoms with van der Waals surface area (Å²) in [6, 6.07) is 0. The highest BCUT2D eigenvalue weighted by Gasteiger charge is 2.45. The summed E-state index contributed by atoms with van der Waals surface area (Å²) in [6.45, 7) is 0. The lowest BCUT2D eigenvalue weighted by molar-refractivity contribution is -0.549. The van der Waals surface area contributed by atoms with Crippen molar-refractivity contribution in [1.82, 2.24) is 5.32 Å². The zero-order valence-electron chi connectivity index (χ0n) is 6.88. The second-order valence-electron chi connectivity index (χ2n) is 3.54. The second kappa shape index (κ2) is 2.47. The Morgan fingerprint density at radius 3 is 2.58 bits per heavy atom. The van der Waals surface area contributed by atoms with Gasteiger partial charge in [0.05, 0.1) is 0 Å². The molecule has 66 valence electrons. The summed E-state index contributed by atoms with van der Waals surface area (Å²) in [5.41, 5.74) is -0.574. The SMILES string of the molecule is O=C1C=[N+]([O-])C2(CCCCC2)N1. The topological polar surface area (TPSA) is 55.2 Å². The Morgan fingerprint density at radius 1 is 1.42 bits per heavy atom. The normalized spacial score (nSPS) is 27.0. The van der Waals surface area contributed by atoms with Gasteiger partial charge in [-0.15, -0.1) is 0 Å². The molecule has 1 amide bonds. The minimum Gasteiger partial charge on any atom is -0.622 e. The standard InChI is InChI=1S/C8H12N2O2/c11-7-6-10(12)8(9-7)4-2-1-3-5-8/h6H,1-5H2,(H,9,11). The van der Waals surface area contributed by atoms with Crippen molar-refractivity contribution in [2.45, 2.75) is 37.8 Å². The predicted molar refractivity (Wildman–Crippen MR) is 43.7 cm³/mol. The van der Waals surface area contributed by atoms with Crippen LogP contribution in [0.1, 0.15) is 32.1 Å². The first-order valence-electron chi connectivity index (χ1n) is 4.36. The largest absolute Gasteiger partial charge is 0.622 e.